The summed E-state index contributed by atoms with van der Waals surface area (Å²) in [6.45, 7) is 6.37. The second kappa shape index (κ2) is 3.40. The zero-order chi connectivity index (χ0) is 9.14. The van der Waals surface area contributed by atoms with Crippen LogP contribution >= 0.6 is 0 Å². The van der Waals surface area contributed by atoms with Gasteiger partial charge in [-0.2, -0.15) is 10.4 Å². The number of nitrogens with zero attached hydrogens (tertiary/aromatic N) is 3. The van der Waals surface area contributed by atoms with Gasteiger partial charge in [0.15, 0.2) is 0 Å². The van der Waals surface area contributed by atoms with Crippen molar-refractivity contribution < 1.29 is 0 Å². The highest BCUT2D eigenvalue weighted by Crippen LogP contribution is 2.15. The molecule has 0 N–H and O–H groups in total. The summed E-state index contributed by atoms with van der Waals surface area (Å²) in [6, 6.07) is 2.41. The summed E-state index contributed by atoms with van der Waals surface area (Å²) in [4.78, 5) is 0. The first kappa shape index (κ1) is 8.79. The van der Waals surface area contributed by atoms with Crippen molar-refractivity contribution in [3.8, 4) is 6.07 Å². The zero-order valence-corrected chi connectivity index (χ0v) is 7.65. The minimum atomic E-state index is 0.354. The molecule has 0 aromatic carbocycles. The number of hydrogen-bond acceptors (Lipinski definition) is 2. The Kier molecular flexibility index (Phi) is 2.49. The van der Waals surface area contributed by atoms with Crippen molar-refractivity contribution in [1.82, 2.24) is 9.78 Å². The number of hydrogen-bond donors (Lipinski definition) is 0. The van der Waals surface area contributed by atoms with Crippen LogP contribution in [0, 0.1) is 17.2 Å². The lowest BCUT2D eigenvalue weighted by Gasteiger charge is -2.15. The molecule has 3 heteroatoms. The van der Waals surface area contributed by atoms with Crippen molar-refractivity contribution in [2.45, 2.75) is 26.8 Å². The molecule has 1 aromatic rings. The van der Waals surface area contributed by atoms with Gasteiger partial charge in [0.2, 0.25) is 0 Å². The van der Waals surface area contributed by atoms with E-state index < -0.39 is 0 Å². The highest BCUT2D eigenvalue weighted by atomic mass is 15.3. The molecule has 3 nitrogen and oxygen atoms in total. The first-order chi connectivity index (χ1) is 5.65. The highest BCUT2D eigenvalue weighted by molar-refractivity contribution is 5.21. The standard InChI is InChI=1S/C9H13N3/c1-7(2)8(3)12-6-9(4-10)5-11-12/h5-8H,1-3H3. The molecule has 1 rings (SSSR count). The van der Waals surface area contributed by atoms with E-state index in [0.29, 0.717) is 17.5 Å². The lowest BCUT2D eigenvalue weighted by molar-refractivity contribution is 0.375. The van der Waals surface area contributed by atoms with E-state index in [9.17, 15) is 0 Å². The summed E-state index contributed by atoms with van der Waals surface area (Å²) in [5.74, 6) is 0.538. The minimum absolute atomic E-state index is 0.354. The van der Waals surface area contributed by atoms with Gasteiger partial charge >= 0.3 is 0 Å². The van der Waals surface area contributed by atoms with Crippen molar-refractivity contribution in [1.29, 1.82) is 5.26 Å². The Morgan fingerprint density at radius 2 is 2.17 bits per heavy atom. The number of aromatic nitrogens is 2. The molecule has 0 fully saturated rings. The van der Waals surface area contributed by atoms with E-state index in [2.05, 4.69) is 31.9 Å². The van der Waals surface area contributed by atoms with Crippen LogP contribution in [-0.4, -0.2) is 9.78 Å². The number of nitriles is 1. The van der Waals surface area contributed by atoms with Crippen LogP contribution in [0.1, 0.15) is 32.4 Å². The maximum absolute atomic E-state index is 8.57. The predicted molar refractivity (Wildman–Crippen MR) is 46.5 cm³/mol. The lowest BCUT2D eigenvalue weighted by Crippen LogP contribution is -2.11. The van der Waals surface area contributed by atoms with Gasteiger partial charge in [-0.1, -0.05) is 13.8 Å². The van der Waals surface area contributed by atoms with Gasteiger partial charge in [-0.15, -0.1) is 0 Å². The summed E-state index contributed by atoms with van der Waals surface area (Å²) < 4.78 is 1.84. The maximum Gasteiger partial charge on any atom is 0.102 e. The van der Waals surface area contributed by atoms with E-state index in [0.717, 1.165) is 0 Å². The topological polar surface area (TPSA) is 41.6 Å². The van der Waals surface area contributed by atoms with Crippen molar-refractivity contribution in [2.75, 3.05) is 0 Å². The predicted octanol–water partition coefficient (Wildman–Crippen LogP) is 1.97. The van der Waals surface area contributed by atoms with Crippen LogP contribution in [0.4, 0.5) is 0 Å². The largest absolute Gasteiger partial charge is 0.268 e. The monoisotopic (exact) mass is 163 g/mol. The van der Waals surface area contributed by atoms with E-state index in [1.54, 1.807) is 12.4 Å². The Balaban J connectivity index is 2.83. The van der Waals surface area contributed by atoms with Crippen LogP contribution in [0.3, 0.4) is 0 Å². The van der Waals surface area contributed by atoms with E-state index >= 15 is 0 Å². The van der Waals surface area contributed by atoms with Gasteiger partial charge in [-0.05, 0) is 12.8 Å². The third-order valence-electron chi connectivity index (χ3n) is 2.11. The molecule has 0 radical (unpaired) electrons. The van der Waals surface area contributed by atoms with Gasteiger partial charge in [-0.3, -0.25) is 4.68 Å². The van der Waals surface area contributed by atoms with Crippen LogP contribution in [-0.2, 0) is 0 Å². The minimum Gasteiger partial charge on any atom is -0.268 e. The quantitative estimate of drug-likeness (QED) is 0.668. The molecule has 0 bridgehead atoms. The molecule has 0 aliphatic heterocycles. The molecule has 0 saturated carbocycles. The van der Waals surface area contributed by atoms with Gasteiger partial charge in [0.25, 0.3) is 0 Å². The summed E-state index contributed by atoms with van der Waals surface area (Å²) in [5.41, 5.74) is 0.627. The molecular weight excluding hydrogens is 150 g/mol. The zero-order valence-electron chi connectivity index (χ0n) is 7.65. The molecule has 0 aliphatic rings. The third kappa shape index (κ3) is 1.65. The summed E-state index contributed by atoms with van der Waals surface area (Å²) in [7, 11) is 0. The van der Waals surface area contributed by atoms with E-state index in [-0.39, 0.29) is 0 Å². The second-order valence-corrected chi connectivity index (χ2v) is 3.31. The smallest absolute Gasteiger partial charge is 0.102 e. The van der Waals surface area contributed by atoms with Gasteiger partial charge in [0.1, 0.15) is 6.07 Å². The van der Waals surface area contributed by atoms with Gasteiger partial charge in [0.05, 0.1) is 17.8 Å². The highest BCUT2D eigenvalue weighted by Gasteiger charge is 2.09. The van der Waals surface area contributed by atoms with Crippen LogP contribution in [0.5, 0.6) is 0 Å². The first-order valence-electron chi connectivity index (χ1n) is 4.09. The fraction of sp³-hybridized carbons (Fsp3) is 0.556. The summed E-state index contributed by atoms with van der Waals surface area (Å²) >= 11 is 0. The average molecular weight is 163 g/mol. The third-order valence-corrected chi connectivity index (χ3v) is 2.11. The molecule has 0 saturated heterocycles. The Labute approximate surface area is 72.6 Å². The molecule has 1 heterocycles. The van der Waals surface area contributed by atoms with Crippen LogP contribution in [0.2, 0.25) is 0 Å². The molecule has 1 unspecified atom stereocenters. The fourth-order valence-electron chi connectivity index (χ4n) is 0.924. The van der Waals surface area contributed by atoms with Crippen molar-refractivity contribution in [2.24, 2.45) is 5.92 Å². The second-order valence-electron chi connectivity index (χ2n) is 3.31. The Morgan fingerprint density at radius 3 is 2.58 bits per heavy atom. The van der Waals surface area contributed by atoms with Crippen molar-refractivity contribution in [3.63, 3.8) is 0 Å². The maximum atomic E-state index is 8.57. The summed E-state index contributed by atoms with van der Waals surface area (Å²) in [5, 5.41) is 12.7. The van der Waals surface area contributed by atoms with Crippen molar-refractivity contribution >= 4 is 0 Å². The SMILES string of the molecule is CC(C)C(C)n1cc(C#N)cn1. The molecule has 0 spiro atoms. The molecule has 0 amide bonds. The fourth-order valence-corrected chi connectivity index (χ4v) is 0.924. The molecule has 12 heavy (non-hydrogen) atoms. The van der Waals surface area contributed by atoms with Crippen LogP contribution in [0.15, 0.2) is 12.4 Å². The molecule has 64 valence electrons. The van der Waals surface area contributed by atoms with Crippen LogP contribution in [0.25, 0.3) is 0 Å². The number of rotatable bonds is 2. The normalized spacial score (nSPS) is 12.9. The van der Waals surface area contributed by atoms with E-state index in [4.69, 9.17) is 5.26 Å². The lowest BCUT2D eigenvalue weighted by atomic mass is 10.1. The van der Waals surface area contributed by atoms with Gasteiger partial charge in [-0.25, -0.2) is 0 Å². The van der Waals surface area contributed by atoms with Gasteiger partial charge in [0, 0.05) is 6.20 Å². The van der Waals surface area contributed by atoms with Gasteiger partial charge < -0.3 is 0 Å². The first-order valence-corrected chi connectivity index (χ1v) is 4.09. The molecular formula is C9H13N3. The molecule has 1 aromatic heterocycles. The molecule has 0 aliphatic carbocycles. The van der Waals surface area contributed by atoms with E-state index in [1.807, 2.05) is 4.68 Å². The van der Waals surface area contributed by atoms with Crippen LogP contribution < -0.4 is 0 Å². The molecule has 1 atom stereocenters. The Hall–Kier alpha value is -1.30. The Morgan fingerprint density at radius 1 is 1.50 bits per heavy atom. The van der Waals surface area contributed by atoms with Crippen molar-refractivity contribution in [3.05, 3.63) is 18.0 Å². The van der Waals surface area contributed by atoms with E-state index in [1.165, 1.54) is 0 Å². The summed E-state index contributed by atoms with van der Waals surface area (Å²) in [6.07, 6.45) is 3.38. The Bertz CT molecular complexity index is 293. The average Bonchev–Trinajstić information content (AvgIpc) is 2.50.